The Hall–Kier alpha value is -1.96. The van der Waals surface area contributed by atoms with Gasteiger partial charge in [0, 0.05) is 19.5 Å². The van der Waals surface area contributed by atoms with Gasteiger partial charge in [-0.2, -0.15) is 0 Å². The number of ether oxygens (including phenoxy) is 1. The lowest BCUT2D eigenvalue weighted by molar-refractivity contribution is -0.155. The summed E-state index contributed by atoms with van der Waals surface area (Å²) in [6, 6.07) is 9.36. The van der Waals surface area contributed by atoms with Gasteiger partial charge < -0.3 is 25.2 Å². The highest BCUT2D eigenvalue weighted by atomic mass is 16.5. The Morgan fingerprint density at radius 1 is 0.911 bits per heavy atom. The molecule has 0 aromatic heterocycles. The number of likely N-dealkylation sites (tertiary alicyclic amines) is 1. The quantitative estimate of drug-likeness (QED) is 0.156. The molecule has 0 radical (unpaired) electrons. The summed E-state index contributed by atoms with van der Waals surface area (Å²) in [4.78, 5) is 30.0. The average molecular weight is 629 g/mol. The second kappa shape index (κ2) is 20.3. The number of hydrogen-bond acceptors (Lipinski definition) is 5. The van der Waals surface area contributed by atoms with Gasteiger partial charge in [0.1, 0.15) is 18.3 Å². The topological polar surface area (TPSA) is 99.1 Å². The van der Waals surface area contributed by atoms with Crippen LogP contribution in [0.2, 0.25) is 0 Å². The van der Waals surface area contributed by atoms with Crippen LogP contribution in [0.1, 0.15) is 130 Å². The third-order valence-electron chi connectivity index (χ3n) is 10.0. The third-order valence-corrected chi connectivity index (χ3v) is 10.0. The lowest BCUT2D eigenvalue weighted by atomic mass is 9.82. The zero-order chi connectivity index (χ0) is 32.6. The van der Waals surface area contributed by atoms with Gasteiger partial charge in [-0.15, -0.1) is 0 Å². The Morgan fingerprint density at radius 2 is 1.58 bits per heavy atom. The van der Waals surface area contributed by atoms with E-state index in [4.69, 9.17) is 4.74 Å². The molecule has 2 aliphatic rings. The first-order valence-corrected chi connectivity index (χ1v) is 18.4. The summed E-state index contributed by atoms with van der Waals surface area (Å²) in [6.45, 7) is 9.83. The van der Waals surface area contributed by atoms with Crippen molar-refractivity contribution in [1.29, 1.82) is 0 Å². The van der Waals surface area contributed by atoms with E-state index < -0.39 is 30.5 Å². The molecule has 256 valence electrons. The van der Waals surface area contributed by atoms with E-state index in [0.717, 1.165) is 70.0 Å². The molecular formula is C38H64N2O5. The smallest absolute Gasteiger partial charge is 0.252 e. The molecule has 1 aromatic carbocycles. The number of rotatable bonds is 19. The number of amides is 2. The number of carbonyl (C=O) groups is 2. The molecule has 0 unspecified atom stereocenters. The third kappa shape index (κ3) is 13.0. The molecule has 45 heavy (non-hydrogen) atoms. The molecule has 0 bridgehead atoms. The fourth-order valence-corrected chi connectivity index (χ4v) is 7.24. The Kier molecular flexibility index (Phi) is 16.9. The second-order valence-electron chi connectivity index (χ2n) is 14.4. The second-order valence-corrected chi connectivity index (χ2v) is 14.4. The minimum Gasteiger partial charge on any atom is -0.390 e. The summed E-state index contributed by atoms with van der Waals surface area (Å²) in [7, 11) is 0. The SMILES string of the molecule is CCCCC1CCN(C(=O)[C@H](Cc2ccccc2)O[C@@H](CCCC)C(=O)N[C@@H](CC2CCCCC2)[C@@H](O)[C@@H](O)CC(C)C)CC1. The molecule has 2 fully saturated rings. The highest BCUT2D eigenvalue weighted by Gasteiger charge is 2.36. The van der Waals surface area contributed by atoms with Crippen molar-refractivity contribution in [1.82, 2.24) is 10.2 Å². The van der Waals surface area contributed by atoms with Crippen LogP contribution in [-0.2, 0) is 20.7 Å². The summed E-state index contributed by atoms with van der Waals surface area (Å²) in [5, 5.41) is 25.3. The predicted octanol–water partition coefficient (Wildman–Crippen LogP) is 6.83. The standard InChI is InChI=1S/C38H64N2O5/c1-5-7-15-29-21-23-40(24-22-29)38(44)35(27-31-18-13-10-14-19-31)45-34(20-8-6-2)37(43)39-32(26-30-16-11-9-12-17-30)36(42)33(41)25-28(3)4/h10,13-14,18-19,28-30,32-36,41-42H,5-9,11-12,15-17,20-27H2,1-4H3,(H,39,43)/t32-,33-,34-,35-,36+/m0/s1. The van der Waals surface area contributed by atoms with Crippen molar-refractivity contribution in [3.05, 3.63) is 35.9 Å². The average Bonchev–Trinajstić information content (AvgIpc) is 3.05. The highest BCUT2D eigenvalue weighted by molar-refractivity contribution is 5.84. The Bertz CT molecular complexity index is 958. The number of benzene rings is 1. The van der Waals surface area contributed by atoms with Gasteiger partial charge in [-0.1, -0.05) is 122 Å². The van der Waals surface area contributed by atoms with Gasteiger partial charge in [-0.3, -0.25) is 9.59 Å². The van der Waals surface area contributed by atoms with Crippen LogP contribution >= 0.6 is 0 Å². The van der Waals surface area contributed by atoms with Gasteiger partial charge in [-0.05, 0) is 55.4 Å². The van der Waals surface area contributed by atoms with Crippen LogP contribution in [-0.4, -0.2) is 70.5 Å². The largest absolute Gasteiger partial charge is 0.390 e. The number of hydrogen-bond donors (Lipinski definition) is 3. The number of nitrogens with one attached hydrogen (secondary N) is 1. The van der Waals surface area contributed by atoms with E-state index in [1.54, 1.807) is 0 Å². The van der Waals surface area contributed by atoms with Crippen LogP contribution in [0.15, 0.2) is 30.3 Å². The van der Waals surface area contributed by atoms with E-state index in [2.05, 4.69) is 19.2 Å². The molecule has 1 saturated carbocycles. The lowest BCUT2D eigenvalue weighted by Crippen LogP contribution is -2.54. The van der Waals surface area contributed by atoms with Crippen LogP contribution in [0.3, 0.4) is 0 Å². The van der Waals surface area contributed by atoms with E-state index in [9.17, 15) is 19.8 Å². The molecular weight excluding hydrogens is 564 g/mol. The molecule has 0 spiro atoms. The zero-order valence-electron chi connectivity index (χ0n) is 28.8. The number of aliphatic hydroxyl groups is 2. The minimum atomic E-state index is -1.05. The van der Waals surface area contributed by atoms with Gasteiger partial charge in [0.15, 0.2) is 0 Å². The van der Waals surface area contributed by atoms with Crippen LogP contribution in [0.5, 0.6) is 0 Å². The molecule has 1 aromatic rings. The van der Waals surface area contributed by atoms with E-state index in [-0.39, 0.29) is 17.7 Å². The van der Waals surface area contributed by atoms with Gasteiger partial charge in [0.05, 0.1) is 12.1 Å². The van der Waals surface area contributed by atoms with Crippen LogP contribution < -0.4 is 5.32 Å². The minimum absolute atomic E-state index is 0.0340. The van der Waals surface area contributed by atoms with Crippen molar-refractivity contribution in [2.45, 2.75) is 161 Å². The Labute approximate surface area is 273 Å². The summed E-state index contributed by atoms with van der Waals surface area (Å²) in [6.07, 6.45) is 11.6. The van der Waals surface area contributed by atoms with Crippen molar-refractivity contribution in [3.8, 4) is 0 Å². The fourth-order valence-electron chi connectivity index (χ4n) is 7.24. The molecule has 3 N–H and O–H groups in total. The lowest BCUT2D eigenvalue weighted by Gasteiger charge is -2.36. The van der Waals surface area contributed by atoms with E-state index in [1.807, 2.05) is 49.1 Å². The molecule has 7 heteroatoms. The molecule has 1 aliphatic heterocycles. The molecule has 5 atom stereocenters. The van der Waals surface area contributed by atoms with Crippen molar-refractivity contribution < 1.29 is 24.5 Å². The van der Waals surface area contributed by atoms with Crippen molar-refractivity contribution in [3.63, 3.8) is 0 Å². The molecule has 1 saturated heterocycles. The van der Waals surface area contributed by atoms with Crippen molar-refractivity contribution in [2.75, 3.05) is 13.1 Å². The molecule has 1 aliphatic carbocycles. The number of aliphatic hydroxyl groups excluding tert-OH is 2. The van der Waals surface area contributed by atoms with E-state index in [0.29, 0.717) is 37.5 Å². The maximum absolute atomic E-state index is 14.0. The first-order chi connectivity index (χ1) is 21.7. The fraction of sp³-hybridized carbons (Fsp3) is 0.789. The zero-order valence-corrected chi connectivity index (χ0v) is 28.8. The summed E-state index contributed by atoms with van der Waals surface area (Å²) >= 11 is 0. The summed E-state index contributed by atoms with van der Waals surface area (Å²) < 4.78 is 6.57. The number of nitrogens with zero attached hydrogens (tertiary/aromatic N) is 1. The number of carbonyl (C=O) groups excluding carboxylic acids is 2. The Balaban J connectivity index is 1.78. The van der Waals surface area contributed by atoms with E-state index >= 15 is 0 Å². The van der Waals surface area contributed by atoms with Crippen molar-refractivity contribution in [2.24, 2.45) is 17.8 Å². The molecule has 1 heterocycles. The maximum atomic E-state index is 14.0. The number of piperidine rings is 1. The first kappa shape index (κ1) is 37.5. The van der Waals surface area contributed by atoms with Crippen LogP contribution in [0.25, 0.3) is 0 Å². The maximum Gasteiger partial charge on any atom is 0.252 e. The molecule has 3 rings (SSSR count). The van der Waals surface area contributed by atoms with E-state index in [1.165, 1.54) is 25.7 Å². The van der Waals surface area contributed by atoms with Gasteiger partial charge in [0.25, 0.3) is 5.91 Å². The number of unbranched alkanes of at least 4 members (excludes halogenated alkanes) is 2. The molecule has 7 nitrogen and oxygen atoms in total. The van der Waals surface area contributed by atoms with Crippen molar-refractivity contribution >= 4 is 11.8 Å². The van der Waals surface area contributed by atoms with Gasteiger partial charge in [0.2, 0.25) is 5.91 Å². The predicted molar refractivity (Wildman–Crippen MR) is 182 cm³/mol. The highest BCUT2D eigenvalue weighted by Crippen LogP contribution is 2.29. The summed E-state index contributed by atoms with van der Waals surface area (Å²) in [5.41, 5.74) is 1.01. The van der Waals surface area contributed by atoms with Gasteiger partial charge in [-0.25, -0.2) is 0 Å². The Morgan fingerprint density at radius 3 is 2.20 bits per heavy atom. The van der Waals surface area contributed by atoms with Gasteiger partial charge >= 0.3 is 0 Å². The first-order valence-electron chi connectivity index (χ1n) is 18.4. The van der Waals surface area contributed by atoms with Crippen LogP contribution in [0, 0.1) is 17.8 Å². The van der Waals surface area contributed by atoms with Crippen LogP contribution in [0.4, 0.5) is 0 Å². The monoisotopic (exact) mass is 628 g/mol. The summed E-state index contributed by atoms with van der Waals surface area (Å²) in [5.74, 6) is 0.983. The normalized spacial score (nSPS) is 20.0. The molecule has 2 amide bonds.